The molecule has 0 atom stereocenters. The zero-order valence-electron chi connectivity index (χ0n) is 12.9. The number of carbonyl (C=O) groups is 1. The van der Waals surface area contributed by atoms with Gasteiger partial charge in [-0.3, -0.25) is 0 Å². The third-order valence-electron chi connectivity index (χ3n) is 3.43. The van der Waals surface area contributed by atoms with Gasteiger partial charge in [0.2, 0.25) is 0 Å². The van der Waals surface area contributed by atoms with Gasteiger partial charge in [0.15, 0.2) is 0 Å². The highest BCUT2D eigenvalue weighted by Crippen LogP contribution is 2.35. The number of nitrogens with zero attached hydrogens (tertiary/aromatic N) is 2. The van der Waals surface area contributed by atoms with E-state index in [9.17, 15) is 9.90 Å². The molecule has 0 radical (unpaired) electrons. The number of carboxylic acids is 1. The fourth-order valence-electron chi connectivity index (χ4n) is 2.38. The largest absolute Gasteiger partial charge is 0.477 e. The van der Waals surface area contributed by atoms with Crippen LogP contribution in [0.1, 0.15) is 21.1 Å². The van der Waals surface area contributed by atoms with Crippen molar-refractivity contribution in [2.75, 3.05) is 11.6 Å². The lowest BCUT2D eigenvalue weighted by atomic mass is 10.2. The van der Waals surface area contributed by atoms with E-state index in [0.29, 0.717) is 26.9 Å². The van der Waals surface area contributed by atoms with E-state index in [2.05, 4.69) is 15.3 Å². The molecule has 118 valence electrons. The van der Waals surface area contributed by atoms with Crippen molar-refractivity contribution in [1.82, 2.24) is 9.97 Å². The second kappa shape index (κ2) is 6.17. The molecule has 2 heterocycles. The number of aromatic nitrogens is 2. The molecule has 0 saturated heterocycles. The number of thiophene rings is 1. The van der Waals surface area contributed by atoms with Crippen LogP contribution < -0.4 is 5.32 Å². The van der Waals surface area contributed by atoms with E-state index in [1.54, 1.807) is 25.6 Å². The first-order chi connectivity index (χ1) is 11.0. The number of carboxylic acid groups (broad SMARTS) is 1. The summed E-state index contributed by atoms with van der Waals surface area (Å²) in [6.45, 7) is 3.60. The average molecular weight is 345 g/mol. The number of rotatable bonds is 4. The molecule has 2 N–H and O–H groups in total. The first-order valence-corrected chi connectivity index (χ1v) is 8.96. The molecule has 5 nitrogen and oxygen atoms in total. The van der Waals surface area contributed by atoms with Crippen molar-refractivity contribution >= 4 is 50.8 Å². The Kier molecular flexibility index (Phi) is 4.23. The number of aromatic carboxylic acids is 1. The summed E-state index contributed by atoms with van der Waals surface area (Å²) in [5.74, 6) is 0.324. The molecule has 7 heteroatoms. The number of fused-ring (bicyclic) bond motifs is 1. The second-order valence-corrected chi connectivity index (χ2v) is 6.90. The molecular formula is C16H15N3O2S2. The van der Waals surface area contributed by atoms with Crippen LogP contribution in [0.15, 0.2) is 29.2 Å². The highest BCUT2D eigenvalue weighted by Gasteiger charge is 2.19. The van der Waals surface area contributed by atoms with Gasteiger partial charge in [-0.05, 0) is 43.9 Å². The van der Waals surface area contributed by atoms with E-state index in [1.165, 1.54) is 11.3 Å². The summed E-state index contributed by atoms with van der Waals surface area (Å²) < 4.78 is 0. The Morgan fingerprint density at radius 2 is 2.09 bits per heavy atom. The minimum absolute atomic E-state index is 0.306. The summed E-state index contributed by atoms with van der Waals surface area (Å²) in [6.07, 6.45) is 2.02. The third-order valence-corrected chi connectivity index (χ3v) is 5.33. The Morgan fingerprint density at radius 3 is 2.78 bits per heavy atom. The molecule has 0 aliphatic rings. The molecule has 1 aromatic carbocycles. The van der Waals surface area contributed by atoms with Crippen molar-refractivity contribution < 1.29 is 9.90 Å². The topological polar surface area (TPSA) is 75.1 Å². The van der Waals surface area contributed by atoms with Crippen LogP contribution in [-0.2, 0) is 0 Å². The molecule has 0 bridgehead atoms. The van der Waals surface area contributed by atoms with E-state index < -0.39 is 5.97 Å². The average Bonchev–Trinajstić information content (AvgIpc) is 2.84. The van der Waals surface area contributed by atoms with Crippen LogP contribution >= 0.6 is 23.1 Å². The molecule has 0 fully saturated rings. The molecule has 0 saturated carbocycles. The molecule has 2 aromatic heterocycles. The normalized spacial score (nSPS) is 10.9. The van der Waals surface area contributed by atoms with Crippen LogP contribution in [0.2, 0.25) is 0 Å². The lowest BCUT2D eigenvalue weighted by molar-refractivity contribution is 0.0701. The maximum absolute atomic E-state index is 11.4. The van der Waals surface area contributed by atoms with Crippen LogP contribution in [0, 0.1) is 13.8 Å². The molecule has 3 rings (SSSR count). The van der Waals surface area contributed by atoms with Crippen LogP contribution in [0.4, 0.5) is 11.5 Å². The van der Waals surface area contributed by atoms with Crippen molar-refractivity contribution in [3.63, 3.8) is 0 Å². The minimum atomic E-state index is -0.932. The second-order valence-electron chi connectivity index (χ2n) is 5.02. The Bertz CT molecular complexity index is 906. The van der Waals surface area contributed by atoms with Gasteiger partial charge in [-0.2, -0.15) is 0 Å². The van der Waals surface area contributed by atoms with Gasteiger partial charge < -0.3 is 10.4 Å². The van der Waals surface area contributed by atoms with Gasteiger partial charge in [-0.15, -0.1) is 23.1 Å². The van der Waals surface area contributed by atoms with Crippen LogP contribution in [0.3, 0.4) is 0 Å². The number of anilines is 2. The van der Waals surface area contributed by atoms with E-state index in [-0.39, 0.29) is 0 Å². The number of benzene rings is 1. The lowest BCUT2D eigenvalue weighted by Gasteiger charge is -2.09. The minimum Gasteiger partial charge on any atom is -0.477 e. The predicted octanol–water partition coefficient (Wildman–Crippen LogP) is 4.47. The van der Waals surface area contributed by atoms with Crippen molar-refractivity contribution in [3.05, 3.63) is 40.5 Å². The number of hydrogen-bond acceptors (Lipinski definition) is 6. The summed E-state index contributed by atoms with van der Waals surface area (Å²) in [4.78, 5) is 22.4. The van der Waals surface area contributed by atoms with Gasteiger partial charge in [0.25, 0.3) is 0 Å². The maximum atomic E-state index is 11.4. The number of thioether (sulfide) groups is 1. The molecule has 0 aliphatic heterocycles. The predicted molar refractivity (Wildman–Crippen MR) is 95.4 cm³/mol. The van der Waals surface area contributed by atoms with Crippen LogP contribution in [0.25, 0.3) is 10.2 Å². The summed E-state index contributed by atoms with van der Waals surface area (Å²) in [7, 11) is 0. The summed E-state index contributed by atoms with van der Waals surface area (Å²) in [6, 6.07) is 8.01. The zero-order valence-corrected chi connectivity index (χ0v) is 14.5. The highest BCUT2D eigenvalue weighted by molar-refractivity contribution is 7.98. The van der Waals surface area contributed by atoms with E-state index >= 15 is 0 Å². The van der Waals surface area contributed by atoms with Crippen molar-refractivity contribution in [1.29, 1.82) is 0 Å². The van der Waals surface area contributed by atoms with Gasteiger partial charge >= 0.3 is 5.97 Å². The number of hydrogen-bond donors (Lipinski definition) is 2. The number of aryl methyl sites for hydroxylation is 2. The fraction of sp³-hybridized carbons (Fsp3) is 0.188. The summed E-state index contributed by atoms with van der Waals surface area (Å²) in [5.41, 5.74) is 1.61. The Labute approximate surface area is 141 Å². The maximum Gasteiger partial charge on any atom is 0.346 e. The Morgan fingerprint density at radius 1 is 1.30 bits per heavy atom. The monoisotopic (exact) mass is 345 g/mol. The smallest absolute Gasteiger partial charge is 0.346 e. The van der Waals surface area contributed by atoms with Gasteiger partial charge in [-0.1, -0.05) is 6.07 Å². The van der Waals surface area contributed by atoms with Crippen molar-refractivity contribution in [3.8, 4) is 0 Å². The molecule has 0 spiro atoms. The van der Waals surface area contributed by atoms with Crippen molar-refractivity contribution in [2.45, 2.75) is 18.7 Å². The summed E-state index contributed by atoms with van der Waals surface area (Å²) >= 11 is 2.85. The summed E-state index contributed by atoms with van der Waals surface area (Å²) in [5, 5.41) is 13.4. The Hall–Kier alpha value is -2.12. The molecule has 3 aromatic rings. The zero-order chi connectivity index (χ0) is 16.6. The van der Waals surface area contributed by atoms with Crippen LogP contribution in [-0.4, -0.2) is 27.3 Å². The first kappa shape index (κ1) is 15.8. The quantitative estimate of drug-likeness (QED) is 0.680. The molecule has 23 heavy (non-hydrogen) atoms. The molecule has 0 unspecified atom stereocenters. The van der Waals surface area contributed by atoms with Crippen molar-refractivity contribution in [2.24, 2.45) is 0 Å². The Balaban J connectivity index is 2.14. The lowest BCUT2D eigenvalue weighted by Crippen LogP contribution is -1.99. The molecule has 0 aliphatic carbocycles. The van der Waals surface area contributed by atoms with Crippen LogP contribution in [0.5, 0.6) is 0 Å². The fourth-order valence-corrected chi connectivity index (χ4v) is 3.90. The first-order valence-electron chi connectivity index (χ1n) is 6.91. The van der Waals surface area contributed by atoms with E-state index in [4.69, 9.17) is 0 Å². The SMILES string of the molecule is CSc1cccc(Nc2nc(C)nc3sc(C(=O)O)c(C)c23)c1. The van der Waals surface area contributed by atoms with Gasteiger partial charge in [0.05, 0.1) is 5.39 Å². The van der Waals surface area contributed by atoms with E-state index in [0.717, 1.165) is 16.0 Å². The number of nitrogens with one attached hydrogen (secondary N) is 1. The van der Waals surface area contributed by atoms with Gasteiger partial charge in [0.1, 0.15) is 21.3 Å². The van der Waals surface area contributed by atoms with Gasteiger partial charge in [-0.25, -0.2) is 14.8 Å². The third kappa shape index (κ3) is 3.02. The highest BCUT2D eigenvalue weighted by atomic mass is 32.2. The van der Waals surface area contributed by atoms with E-state index in [1.807, 2.05) is 30.5 Å². The van der Waals surface area contributed by atoms with Gasteiger partial charge in [0, 0.05) is 10.6 Å². The molecule has 0 amide bonds. The molecular weight excluding hydrogens is 330 g/mol. The standard InChI is InChI=1S/C16H15N3O2S2/c1-8-12-14(19-10-5-4-6-11(7-10)22-3)17-9(2)18-15(12)23-13(8)16(20)21/h4-7H,1-3H3,(H,20,21)(H,17,18,19).